The Balaban J connectivity index is 2.28. The van der Waals surface area contributed by atoms with Gasteiger partial charge in [-0.05, 0) is 47.4 Å². The number of allylic oxidation sites excluding steroid dienone is 1. The van der Waals surface area contributed by atoms with Crippen LogP contribution >= 0.6 is 0 Å². The Labute approximate surface area is 109 Å². The lowest BCUT2D eigenvalue weighted by Crippen LogP contribution is -1.91. The Morgan fingerprint density at radius 2 is 2.17 bits per heavy atom. The smallest absolute Gasteiger partial charge is 0.0498 e. The Morgan fingerprint density at radius 1 is 1.33 bits per heavy atom. The van der Waals surface area contributed by atoms with Gasteiger partial charge in [-0.15, -0.1) is 0 Å². The van der Waals surface area contributed by atoms with Crippen molar-refractivity contribution in [3.8, 4) is 0 Å². The van der Waals surface area contributed by atoms with Crippen molar-refractivity contribution in [2.24, 2.45) is 0 Å². The molecule has 1 heteroatoms. The summed E-state index contributed by atoms with van der Waals surface area (Å²) < 4.78 is 0. The number of H-pyrrole nitrogens is 1. The highest BCUT2D eigenvalue weighted by Crippen LogP contribution is 2.45. The van der Waals surface area contributed by atoms with E-state index < -0.39 is 0 Å². The van der Waals surface area contributed by atoms with Crippen LogP contribution in [0.3, 0.4) is 0 Å². The lowest BCUT2D eigenvalue weighted by atomic mass is 9.96. The molecule has 1 aliphatic carbocycles. The largest absolute Gasteiger partial charge is 0.361 e. The van der Waals surface area contributed by atoms with Gasteiger partial charge in [0.25, 0.3) is 0 Å². The van der Waals surface area contributed by atoms with E-state index in [9.17, 15) is 0 Å². The quantitative estimate of drug-likeness (QED) is 0.741. The van der Waals surface area contributed by atoms with E-state index in [1.165, 1.54) is 22.9 Å². The zero-order valence-electron chi connectivity index (χ0n) is 11.5. The van der Waals surface area contributed by atoms with Crippen molar-refractivity contribution in [2.45, 2.75) is 45.4 Å². The van der Waals surface area contributed by atoms with E-state index in [-0.39, 0.29) is 0 Å². The summed E-state index contributed by atoms with van der Waals surface area (Å²) in [4.78, 5) is 3.45. The molecular weight excluding hydrogens is 218 g/mol. The fraction of sp³-hybridized carbons (Fsp3) is 0.412. The number of benzene rings is 1. The van der Waals surface area contributed by atoms with Crippen molar-refractivity contribution in [3.05, 3.63) is 41.1 Å². The molecule has 94 valence electrons. The van der Waals surface area contributed by atoms with Crippen molar-refractivity contribution in [1.82, 2.24) is 4.98 Å². The first kappa shape index (κ1) is 11.6. The summed E-state index contributed by atoms with van der Waals surface area (Å²) in [7, 11) is 0. The fourth-order valence-corrected chi connectivity index (χ4v) is 3.40. The summed E-state index contributed by atoms with van der Waals surface area (Å²) in [6.45, 7) is 6.89. The van der Waals surface area contributed by atoms with Crippen molar-refractivity contribution in [3.63, 3.8) is 0 Å². The summed E-state index contributed by atoms with van der Waals surface area (Å²) in [5.41, 5.74) is 5.83. The first-order valence-electron chi connectivity index (χ1n) is 7.02. The fourth-order valence-electron chi connectivity index (χ4n) is 3.40. The number of rotatable bonds is 2. The normalized spacial score (nSPS) is 23.1. The van der Waals surface area contributed by atoms with E-state index in [1.807, 2.05) is 0 Å². The van der Waals surface area contributed by atoms with Crippen LogP contribution < -0.4 is 0 Å². The monoisotopic (exact) mass is 239 g/mol. The number of hydrogen-bond donors (Lipinski definition) is 1. The third-order valence-corrected chi connectivity index (χ3v) is 4.21. The molecule has 0 saturated heterocycles. The van der Waals surface area contributed by atoms with Crippen LogP contribution in [0.25, 0.3) is 17.0 Å². The molecule has 0 fully saturated rings. The maximum absolute atomic E-state index is 3.45. The number of nitrogens with one attached hydrogen (secondary N) is 1. The Hall–Kier alpha value is -1.50. The van der Waals surface area contributed by atoms with Gasteiger partial charge in [0, 0.05) is 17.1 Å². The molecule has 1 unspecified atom stereocenters. The molecule has 3 rings (SSSR count). The Bertz CT molecular complexity index is 603. The number of fused-ring (bicyclic) bond motifs is 3. The minimum Gasteiger partial charge on any atom is -0.361 e. The molecule has 2 atom stereocenters. The molecule has 1 aliphatic rings. The van der Waals surface area contributed by atoms with Gasteiger partial charge in [-0.1, -0.05) is 39.0 Å². The van der Waals surface area contributed by atoms with Gasteiger partial charge in [0.15, 0.2) is 0 Å². The number of aromatic nitrogens is 1. The molecule has 0 saturated carbocycles. The Morgan fingerprint density at radius 3 is 2.94 bits per heavy atom. The second kappa shape index (κ2) is 4.31. The molecule has 1 aromatic carbocycles. The van der Waals surface area contributed by atoms with Crippen LogP contribution in [0.15, 0.2) is 24.4 Å². The van der Waals surface area contributed by atoms with Crippen LogP contribution in [0.5, 0.6) is 0 Å². The third kappa shape index (κ3) is 1.61. The lowest BCUT2D eigenvalue weighted by Gasteiger charge is -2.10. The highest BCUT2D eigenvalue weighted by molar-refractivity contribution is 5.92. The molecule has 0 bridgehead atoms. The second-order valence-corrected chi connectivity index (χ2v) is 5.58. The summed E-state index contributed by atoms with van der Waals surface area (Å²) in [6.07, 6.45) is 8.96. The van der Waals surface area contributed by atoms with Gasteiger partial charge in [-0.2, -0.15) is 0 Å². The first-order valence-corrected chi connectivity index (χ1v) is 7.02. The summed E-state index contributed by atoms with van der Waals surface area (Å²) in [6, 6.07) is 4.62. The van der Waals surface area contributed by atoms with Gasteiger partial charge in [0.1, 0.15) is 0 Å². The van der Waals surface area contributed by atoms with Crippen LogP contribution in [0.2, 0.25) is 0 Å². The zero-order chi connectivity index (χ0) is 12.7. The van der Waals surface area contributed by atoms with Crippen LogP contribution in [0, 0.1) is 0 Å². The maximum Gasteiger partial charge on any atom is 0.0498 e. The van der Waals surface area contributed by atoms with E-state index >= 15 is 0 Å². The molecule has 0 radical (unpaired) electrons. The van der Waals surface area contributed by atoms with Gasteiger partial charge in [0.05, 0.1) is 0 Å². The van der Waals surface area contributed by atoms with Gasteiger partial charge < -0.3 is 4.98 Å². The molecule has 0 amide bonds. The van der Waals surface area contributed by atoms with Crippen LogP contribution in [0.1, 0.15) is 62.1 Å². The van der Waals surface area contributed by atoms with Gasteiger partial charge in [-0.3, -0.25) is 0 Å². The second-order valence-electron chi connectivity index (χ2n) is 5.58. The minimum atomic E-state index is 0.681. The van der Waals surface area contributed by atoms with E-state index in [0.29, 0.717) is 11.8 Å². The molecule has 0 spiro atoms. The van der Waals surface area contributed by atoms with E-state index in [2.05, 4.69) is 56.2 Å². The maximum atomic E-state index is 3.45. The van der Waals surface area contributed by atoms with Gasteiger partial charge >= 0.3 is 0 Å². The molecule has 18 heavy (non-hydrogen) atoms. The van der Waals surface area contributed by atoms with Gasteiger partial charge in [-0.25, -0.2) is 0 Å². The number of aromatic amines is 1. The molecule has 1 aromatic heterocycles. The average Bonchev–Trinajstić information content (AvgIpc) is 2.92. The minimum absolute atomic E-state index is 0.681. The number of hydrogen-bond acceptors (Lipinski definition) is 0. The van der Waals surface area contributed by atoms with Crippen molar-refractivity contribution in [1.29, 1.82) is 0 Å². The predicted molar refractivity (Wildman–Crippen MR) is 79.1 cm³/mol. The lowest BCUT2D eigenvalue weighted by molar-refractivity contribution is 0.662. The molecule has 2 aromatic rings. The van der Waals surface area contributed by atoms with Crippen LogP contribution in [-0.4, -0.2) is 4.98 Å². The van der Waals surface area contributed by atoms with E-state index in [1.54, 1.807) is 11.1 Å². The van der Waals surface area contributed by atoms with Crippen molar-refractivity contribution in [2.75, 3.05) is 0 Å². The van der Waals surface area contributed by atoms with Gasteiger partial charge in [0.2, 0.25) is 0 Å². The van der Waals surface area contributed by atoms with Crippen LogP contribution in [-0.2, 0) is 0 Å². The zero-order valence-corrected chi connectivity index (χ0v) is 11.5. The summed E-state index contributed by atoms with van der Waals surface area (Å²) in [5.74, 6) is 1.37. The Kier molecular flexibility index (Phi) is 2.77. The molecule has 0 aliphatic heterocycles. The van der Waals surface area contributed by atoms with Crippen LogP contribution in [0.4, 0.5) is 0 Å². The SMILES string of the molecule is CC/C=C/c1cc2c(c3[nH]ccc13)[C@@H](C)CC2C. The summed E-state index contributed by atoms with van der Waals surface area (Å²) >= 11 is 0. The van der Waals surface area contributed by atoms with Crippen molar-refractivity contribution >= 4 is 17.0 Å². The van der Waals surface area contributed by atoms with Crippen molar-refractivity contribution < 1.29 is 0 Å². The molecular formula is C17H21N. The third-order valence-electron chi connectivity index (χ3n) is 4.21. The highest BCUT2D eigenvalue weighted by atomic mass is 14.7. The predicted octanol–water partition coefficient (Wildman–Crippen LogP) is 5.20. The highest BCUT2D eigenvalue weighted by Gasteiger charge is 2.28. The summed E-state index contributed by atoms with van der Waals surface area (Å²) in [5, 5.41) is 1.37. The molecule has 1 nitrogen and oxygen atoms in total. The first-order chi connectivity index (χ1) is 8.72. The molecule has 1 heterocycles. The topological polar surface area (TPSA) is 15.8 Å². The van der Waals surface area contributed by atoms with E-state index in [4.69, 9.17) is 0 Å². The standard InChI is InChI=1S/C17H21N/c1-4-5-6-13-10-15-11(2)9-12(3)16(15)17-14(13)7-8-18-17/h5-8,10-12,18H,4,9H2,1-3H3/b6-5+/t11?,12-/m0/s1. The molecule has 1 N–H and O–H groups in total. The van der Waals surface area contributed by atoms with E-state index in [0.717, 1.165) is 6.42 Å². The average molecular weight is 239 g/mol.